The number of aromatic nitrogens is 2. The van der Waals surface area contributed by atoms with Crippen molar-refractivity contribution in [3.8, 4) is 5.75 Å². The predicted octanol–water partition coefficient (Wildman–Crippen LogP) is 10.9. The van der Waals surface area contributed by atoms with Crippen molar-refractivity contribution in [2.75, 3.05) is 70.4 Å². The Morgan fingerprint density at radius 2 is 0.989 bits per heavy atom. The maximum atomic E-state index is 13.1. The first-order valence-electron chi connectivity index (χ1n) is 33.7. The number of anilines is 2. The van der Waals surface area contributed by atoms with Crippen LogP contribution in [0.2, 0.25) is 5.15 Å². The Bertz CT molecular complexity index is 2590. The van der Waals surface area contributed by atoms with E-state index in [9.17, 15) is 33.6 Å². The Hall–Kier alpha value is -6.95. The van der Waals surface area contributed by atoms with E-state index in [0.29, 0.717) is 70.4 Å². The van der Waals surface area contributed by atoms with Crippen LogP contribution in [0.5, 0.6) is 5.75 Å². The molecule has 93 heavy (non-hydrogen) atoms. The minimum absolute atomic E-state index is 0.0226. The maximum absolute atomic E-state index is 13.1. The zero-order valence-corrected chi connectivity index (χ0v) is 59.0. The van der Waals surface area contributed by atoms with Crippen molar-refractivity contribution in [2.45, 2.75) is 229 Å². The summed E-state index contributed by atoms with van der Waals surface area (Å²) in [7, 11) is 0. The number of amides is 5. The molecule has 0 aliphatic rings. The lowest BCUT2D eigenvalue weighted by Gasteiger charge is -2.23. The van der Waals surface area contributed by atoms with E-state index in [1.54, 1.807) is 55.4 Å². The number of amidine groups is 2. The van der Waals surface area contributed by atoms with Gasteiger partial charge >= 0.3 is 12.2 Å². The summed E-state index contributed by atoms with van der Waals surface area (Å²) in [6.45, 7) is 27.3. The summed E-state index contributed by atoms with van der Waals surface area (Å²) in [6.07, 6.45) is 15.4. The molecule has 4 atom stereocenters. The molecule has 24 nitrogen and oxygen atoms in total. The van der Waals surface area contributed by atoms with Crippen molar-refractivity contribution >= 4 is 82.3 Å². The molecule has 25 heteroatoms. The number of ketones is 2. The number of aliphatic imine (C=N–C) groups is 3. The van der Waals surface area contributed by atoms with Crippen LogP contribution in [0.25, 0.3) is 0 Å². The van der Waals surface area contributed by atoms with E-state index in [4.69, 9.17) is 43.0 Å². The number of carbonyl (C=O) groups excluding carboxylic acids is 7. The third-order valence-electron chi connectivity index (χ3n) is 15.3. The molecule has 0 saturated carbocycles. The van der Waals surface area contributed by atoms with Gasteiger partial charge in [0.2, 0.25) is 11.8 Å². The number of alkyl carbamates (subject to hydrolysis) is 2. The van der Waals surface area contributed by atoms with Crippen LogP contribution in [0.1, 0.15) is 228 Å². The number of aryl methyl sites for hydroxylation is 1. The van der Waals surface area contributed by atoms with Gasteiger partial charge in [0.25, 0.3) is 5.91 Å². The van der Waals surface area contributed by atoms with E-state index in [1.807, 2.05) is 52.0 Å². The molecule has 1 aromatic carbocycles. The zero-order valence-electron chi connectivity index (χ0n) is 58.2. The summed E-state index contributed by atoms with van der Waals surface area (Å²) < 4.78 is 16.7. The van der Waals surface area contributed by atoms with E-state index < -0.39 is 29.3 Å². The molecule has 0 bridgehead atoms. The molecule has 2 aromatic rings. The second kappa shape index (κ2) is 45.4. The fourth-order valence-electron chi connectivity index (χ4n) is 9.75. The molecule has 0 aliphatic carbocycles. The van der Waals surface area contributed by atoms with E-state index in [2.05, 4.69) is 56.4 Å². The smallest absolute Gasteiger partial charge is 0.413 e. The van der Waals surface area contributed by atoms with Crippen molar-refractivity contribution in [3.05, 3.63) is 40.7 Å². The molecule has 1 heterocycles. The van der Waals surface area contributed by atoms with Crippen LogP contribution in [-0.4, -0.2) is 144 Å². The lowest BCUT2D eigenvalue weighted by molar-refractivity contribution is -0.125. The summed E-state index contributed by atoms with van der Waals surface area (Å²) in [6, 6.07) is 7.99. The minimum Gasteiger partial charge on any atom is -0.492 e. The summed E-state index contributed by atoms with van der Waals surface area (Å²) in [4.78, 5) is 111. The van der Waals surface area contributed by atoms with Crippen LogP contribution >= 0.6 is 11.6 Å². The SMILES string of the molecule is CC(=NCCCC[C@H](C)C(=O)CCCCC[C@H](C)C(=O)NCCCN(CCCNC(=O)[C@@H](C)CCCCCC(=O)[C@@H](C)CCCCN=C(C)NC(=O)OC(C)(C)C)CCOc1ccc(CCCCN=C(N)NC(=O)c2nc(Cl)c(N)nc2N)cc1)NC(=O)OC(C)(C)C. The number of guanidine groups is 1. The quantitative estimate of drug-likeness (QED) is 0.0174. The highest BCUT2D eigenvalue weighted by Crippen LogP contribution is 2.21. The molecule has 2 rings (SSSR count). The number of ether oxygens (including phenoxy) is 3. The second-order valence-corrected chi connectivity index (χ2v) is 26.7. The highest BCUT2D eigenvalue weighted by Gasteiger charge is 2.21. The van der Waals surface area contributed by atoms with Gasteiger partial charge in [0.05, 0.1) is 0 Å². The number of hydrogen-bond acceptors (Lipinski definition) is 18. The Morgan fingerprint density at radius 1 is 0.548 bits per heavy atom. The Morgan fingerprint density at radius 3 is 1.46 bits per heavy atom. The molecule has 0 spiro atoms. The molecule has 5 amide bonds. The van der Waals surface area contributed by atoms with Crippen molar-refractivity contribution in [1.29, 1.82) is 0 Å². The van der Waals surface area contributed by atoms with Crippen molar-refractivity contribution in [1.82, 2.24) is 41.5 Å². The Balaban J connectivity index is 1.80. The normalized spacial score (nSPS) is 13.5. The number of unbranched alkanes of at least 4 members (excludes halogenated alkanes) is 7. The van der Waals surface area contributed by atoms with Gasteiger partial charge in [-0.05, 0) is 170 Å². The van der Waals surface area contributed by atoms with Gasteiger partial charge in [0.15, 0.2) is 28.4 Å². The topological polar surface area (TPSA) is 351 Å². The summed E-state index contributed by atoms with van der Waals surface area (Å²) in [5.74, 6) is 0.963. The van der Waals surface area contributed by atoms with Crippen LogP contribution in [0.4, 0.5) is 21.2 Å². The first kappa shape index (κ1) is 82.1. The third-order valence-corrected chi connectivity index (χ3v) is 15.6. The van der Waals surface area contributed by atoms with Crippen LogP contribution in [0.15, 0.2) is 39.2 Å². The van der Waals surface area contributed by atoms with Crippen LogP contribution in [0.3, 0.4) is 0 Å². The maximum Gasteiger partial charge on any atom is 0.413 e. The molecule has 0 saturated heterocycles. The van der Waals surface area contributed by atoms with Gasteiger partial charge in [-0.3, -0.25) is 59.8 Å². The number of Topliss-reactive ketones (excluding diaryl/α,β-unsaturated/α-hetero) is 2. The molecule has 0 aliphatic heterocycles. The average Bonchev–Trinajstić information content (AvgIpc) is 1.11. The monoisotopic (exact) mass is 1320 g/mol. The molecule has 11 N–H and O–H groups in total. The van der Waals surface area contributed by atoms with Gasteiger partial charge in [-0.25, -0.2) is 19.6 Å². The van der Waals surface area contributed by atoms with Crippen LogP contribution in [0, 0.1) is 23.7 Å². The molecule has 524 valence electrons. The summed E-state index contributed by atoms with van der Waals surface area (Å²) in [5, 5.41) is 13.8. The van der Waals surface area contributed by atoms with Gasteiger partial charge in [0, 0.05) is 75.8 Å². The fourth-order valence-corrected chi connectivity index (χ4v) is 9.88. The van der Waals surface area contributed by atoms with Crippen LogP contribution < -0.4 is 48.5 Å². The lowest BCUT2D eigenvalue weighted by Crippen LogP contribution is -2.38. The number of benzene rings is 1. The number of carbonyl (C=O) groups is 7. The van der Waals surface area contributed by atoms with Gasteiger partial charge in [0.1, 0.15) is 46.8 Å². The number of nitrogens with one attached hydrogen (secondary N) is 5. The minimum atomic E-state index is -0.696. The van der Waals surface area contributed by atoms with E-state index in [1.165, 1.54) is 0 Å². The number of halogens is 1. The van der Waals surface area contributed by atoms with Gasteiger partial charge < -0.3 is 42.0 Å². The number of nitrogens with zero attached hydrogens (tertiary/aromatic N) is 6. The Labute approximate surface area is 559 Å². The van der Waals surface area contributed by atoms with Crippen molar-refractivity contribution in [2.24, 2.45) is 44.4 Å². The lowest BCUT2D eigenvalue weighted by atomic mass is 9.94. The predicted molar refractivity (Wildman–Crippen MR) is 372 cm³/mol. The molecular weight excluding hydrogens is 1210 g/mol. The van der Waals surface area contributed by atoms with Crippen molar-refractivity contribution in [3.63, 3.8) is 0 Å². The van der Waals surface area contributed by atoms with Gasteiger partial charge in [-0.15, -0.1) is 0 Å². The van der Waals surface area contributed by atoms with E-state index >= 15 is 0 Å². The largest absolute Gasteiger partial charge is 0.492 e. The molecule has 1 aromatic heterocycles. The third kappa shape index (κ3) is 40.0. The molecule has 0 fully saturated rings. The molecule has 0 radical (unpaired) electrons. The van der Waals surface area contributed by atoms with E-state index in [-0.39, 0.29) is 75.5 Å². The first-order valence-corrected chi connectivity index (χ1v) is 34.1. The van der Waals surface area contributed by atoms with Crippen molar-refractivity contribution < 1.29 is 47.8 Å². The van der Waals surface area contributed by atoms with Gasteiger partial charge in [-0.1, -0.05) is 90.0 Å². The molecular formula is C68H115ClN14O10. The highest BCUT2D eigenvalue weighted by atomic mass is 35.5. The second-order valence-electron chi connectivity index (χ2n) is 26.4. The first-order chi connectivity index (χ1) is 43.9. The van der Waals surface area contributed by atoms with Crippen LogP contribution in [-0.2, 0) is 35.1 Å². The fraction of sp³-hybridized carbons (Fsp3) is 0.706. The molecule has 0 unspecified atom stereocenters. The highest BCUT2D eigenvalue weighted by molar-refractivity contribution is 6.31. The standard InChI is InChI=1S/C68H115ClN14O10/c1-47(27-19-22-38-73-51(5)78-65(89)92-67(7,8)9)55(84)32-17-13-15-29-49(3)61(86)75-41-25-43-83(45-46-91-54-36-34-53(35-37-54)31-21-24-40-77-64(72)82-63(88)57-59(70)81-60(71)58(69)80-57)44-26-42-76-62(87)50(4)30-16-14-18-33-56(85)48(2)28-20-23-39-74-52(6)79-66(90)93-68(10,11)12/h34-37,47-50H,13-33,38-46H2,1-12H3,(H,75,86)(H,76,87)(H4,70,71,81)(H,73,78,89)(H,74,79,90)(H3,72,77,82,88)/t47-,48-,49-,50-/m0/s1. The number of hydrogen-bond donors (Lipinski definition) is 8. The van der Waals surface area contributed by atoms with Gasteiger partial charge in [-0.2, -0.15) is 0 Å². The van der Waals surface area contributed by atoms with E-state index in [0.717, 1.165) is 146 Å². The number of rotatable bonds is 44. The number of nitrogen functional groups attached to an aromatic ring is 2. The zero-order chi connectivity index (χ0) is 69.4. The number of nitrogens with two attached hydrogens (primary N) is 3. The summed E-state index contributed by atoms with van der Waals surface area (Å²) >= 11 is 5.89. The summed E-state index contributed by atoms with van der Waals surface area (Å²) in [5.41, 5.74) is 17.0. The average molecular weight is 1320 g/mol. The Kier molecular flexibility index (Phi) is 40.1.